The lowest BCUT2D eigenvalue weighted by molar-refractivity contribution is 0.865. The molecule has 2 aromatic heterocycles. The Morgan fingerprint density at radius 2 is 2.05 bits per heavy atom. The number of hydrogen-bond donors (Lipinski definition) is 3. The quantitative estimate of drug-likeness (QED) is 0.640. The lowest BCUT2D eigenvalue weighted by Crippen LogP contribution is -2.00. The number of nitrogens with one attached hydrogen (secondary N) is 2. The van der Waals surface area contributed by atoms with Gasteiger partial charge in [-0.2, -0.15) is 0 Å². The Kier molecular flexibility index (Phi) is 2.53. The summed E-state index contributed by atoms with van der Waals surface area (Å²) in [4.78, 5) is 21.2. The maximum absolute atomic E-state index is 11.3. The zero-order chi connectivity index (χ0) is 13.6. The summed E-state index contributed by atoms with van der Waals surface area (Å²) >= 11 is 0. The molecule has 0 aliphatic rings. The normalized spacial score (nSPS) is 11.3. The fraction of sp³-hybridized carbons (Fsp3) is 0.231. The van der Waals surface area contributed by atoms with Gasteiger partial charge in [0.15, 0.2) is 0 Å². The highest BCUT2D eigenvalue weighted by atomic mass is 16.1. The monoisotopic (exact) mass is 257 g/mol. The van der Waals surface area contributed by atoms with Crippen LogP contribution in [0.5, 0.6) is 0 Å². The Labute approximate surface area is 109 Å². The Morgan fingerprint density at radius 1 is 1.32 bits per heavy atom. The van der Waals surface area contributed by atoms with E-state index >= 15 is 0 Å². The second-order valence-electron chi connectivity index (χ2n) is 4.56. The van der Waals surface area contributed by atoms with Gasteiger partial charge in [0, 0.05) is 19.2 Å². The summed E-state index contributed by atoms with van der Waals surface area (Å²) in [6, 6.07) is 5.77. The zero-order valence-corrected chi connectivity index (χ0v) is 10.8. The highest BCUT2D eigenvalue weighted by Gasteiger charge is 2.13. The molecule has 0 aliphatic carbocycles. The molecule has 6 heteroatoms. The molecular formula is C13H15N5O. The number of fused-ring (bicyclic) bond motifs is 1. The first-order valence-electron chi connectivity index (χ1n) is 6.05. The van der Waals surface area contributed by atoms with Crippen LogP contribution in [0.4, 0.5) is 0 Å². The third-order valence-corrected chi connectivity index (χ3v) is 3.37. The van der Waals surface area contributed by atoms with Gasteiger partial charge in [0.25, 0.3) is 0 Å². The van der Waals surface area contributed by atoms with Crippen LogP contribution >= 0.6 is 0 Å². The number of aryl methyl sites for hydroxylation is 1. The van der Waals surface area contributed by atoms with Crippen molar-refractivity contribution in [1.82, 2.24) is 19.5 Å². The molecule has 4 N–H and O–H groups in total. The van der Waals surface area contributed by atoms with E-state index in [4.69, 9.17) is 5.73 Å². The van der Waals surface area contributed by atoms with Crippen LogP contribution < -0.4 is 11.4 Å². The van der Waals surface area contributed by atoms with E-state index in [1.165, 1.54) is 0 Å². The number of imidazole rings is 2. The molecule has 19 heavy (non-hydrogen) atoms. The molecule has 2 heterocycles. The van der Waals surface area contributed by atoms with E-state index in [1.807, 2.05) is 36.7 Å². The van der Waals surface area contributed by atoms with Gasteiger partial charge in [-0.1, -0.05) is 6.07 Å². The Hall–Kier alpha value is -2.34. The molecule has 6 nitrogen and oxygen atoms in total. The number of H-pyrrole nitrogens is 2. The second-order valence-corrected chi connectivity index (χ2v) is 4.56. The van der Waals surface area contributed by atoms with Crippen LogP contribution in [0.25, 0.3) is 22.3 Å². The molecule has 0 spiro atoms. The van der Waals surface area contributed by atoms with Gasteiger partial charge >= 0.3 is 5.69 Å². The van der Waals surface area contributed by atoms with E-state index in [9.17, 15) is 4.79 Å². The summed E-state index contributed by atoms with van der Waals surface area (Å²) in [6.45, 7) is 2.33. The highest BCUT2D eigenvalue weighted by molar-refractivity contribution is 5.81. The summed E-state index contributed by atoms with van der Waals surface area (Å²) in [7, 11) is 1.96. The molecule has 0 radical (unpaired) electrons. The minimum absolute atomic E-state index is 0.201. The van der Waals surface area contributed by atoms with Crippen LogP contribution in [0.3, 0.4) is 0 Å². The summed E-state index contributed by atoms with van der Waals surface area (Å²) in [5.74, 6) is 0.915. The minimum atomic E-state index is -0.201. The first-order valence-corrected chi connectivity index (χ1v) is 6.05. The fourth-order valence-electron chi connectivity index (χ4n) is 2.36. The number of nitrogens with zero attached hydrogens (tertiary/aromatic N) is 2. The Balaban J connectivity index is 2.26. The Morgan fingerprint density at radius 3 is 2.79 bits per heavy atom. The van der Waals surface area contributed by atoms with E-state index in [0.29, 0.717) is 6.54 Å². The van der Waals surface area contributed by atoms with Crippen molar-refractivity contribution < 1.29 is 0 Å². The van der Waals surface area contributed by atoms with Crippen LogP contribution in [0.1, 0.15) is 11.5 Å². The molecule has 0 amide bonds. The van der Waals surface area contributed by atoms with Crippen molar-refractivity contribution in [3.8, 4) is 11.3 Å². The average Bonchev–Trinajstić information content (AvgIpc) is 2.88. The third kappa shape index (κ3) is 1.77. The topological polar surface area (TPSA) is 92.5 Å². The molecular weight excluding hydrogens is 242 g/mol. The number of rotatable bonds is 2. The van der Waals surface area contributed by atoms with E-state index in [1.54, 1.807) is 0 Å². The summed E-state index contributed by atoms with van der Waals surface area (Å²) in [5.41, 5.74) is 9.96. The second kappa shape index (κ2) is 4.10. The van der Waals surface area contributed by atoms with Crippen molar-refractivity contribution in [1.29, 1.82) is 0 Å². The highest BCUT2D eigenvalue weighted by Crippen LogP contribution is 2.26. The zero-order valence-electron chi connectivity index (χ0n) is 10.8. The molecule has 0 atom stereocenters. The lowest BCUT2D eigenvalue weighted by atomic mass is 10.1. The molecule has 1 aromatic carbocycles. The maximum Gasteiger partial charge on any atom is 0.323 e. The standard InChI is InChI=1S/C13H15N5O/c1-7-15-11(6-14)12(18(7)2)8-3-4-9-10(5-8)17-13(19)16-9/h3-5H,6,14H2,1-2H3,(H2,16,17,19). The number of aromatic amines is 2. The minimum Gasteiger partial charge on any atom is -0.331 e. The van der Waals surface area contributed by atoms with Crippen molar-refractivity contribution in [3.63, 3.8) is 0 Å². The molecule has 0 bridgehead atoms. The van der Waals surface area contributed by atoms with Crippen molar-refractivity contribution in [2.45, 2.75) is 13.5 Å². The number of aromatic nitrogens is 4. The summed E-state index contributed by atoms with van der Waals surface area (Å²) in [5, 5.41) is 0. The van der Waals surface area contributed by atoms with Crippen LogP contribution in [0.15, 0.2) is 23.0 Å². The summed E-state index contributed by atoms with van der Waals surface area (Å²) in [6.07, 6.45) is 0. The van der Waals surface area contributed by atoms with Crippen molar-refractivity contribution >= 4 is 11.0 Å². The van der Waals surface area contributed by atoms with E-state index < -0.39 is 0 Å². The SMILES string of the molecule is Cc1nc(CN)c(-c2ccc3[nH]c(=O)[nH]c3c2)n1C. The first kappa shape index (κ1) is 11.7. The molecule has 3 rings (SSSR count). The smallest absolute Gasteiger partial charge is 0.323 e. The van der Waals surface area contributed by atoms with Gasteiger partial charge in [0.1, 0.15) is 5.82 Å². The summed E-state index contributed by atoms with van der Waals surface area (Å²) < 4.78 is 2.01. The lowest BCUT2D eigenvalue weighted by Gasteiger charge is -2.06. The predicted molar refractivity (Wildman–Crippen MR) is 73.7 cm³/mol. The molecule has 98 valence electrons. The van der Waals surface area contributed by atoms with Gasteiger partial charge in [0.05, 0.1) is 22.4 Å². The van der Waals surface area contributed by atoms with Gasteiger partial charge in [-0.15, -0.1) is 0 Å². The van der Waals surface area contributed by atoms with Crippen molar-refractivity contribution in [3.05, 3.63) is 40.2 Å². The molecule has 0 saturated heterocycles. The van der Waals surface area contributed by atoms with Gasteiger partial charge in [0.2, 0.25) is 0 Å². The number of benzene rings is 1. The molecule has 0 unspecified atom stereocenters. The molecule has 0 fully saturated rings. The van der Waals surface area contributed by atoms with Crippen LogP contribution in [0.2, 0.25) is 0 Å². The van der Waals surface area contributed by atoms with Crippen LogP contribution in [-0.2, 0) is 13.6 Å². The predicted octanol–water partition coefficient (Wildman–Crippen LogP) is 1.02. The largest absolute Gasteiger partial charge is 0.331 e. The Bertz CT molecular complexity index is 808. The number of hydrogen-bond acceptors (Lipinski definition) is 3. The van der Waals surface area contributed by atoms with E-state index in [2.05, 4.69) is 15.0 Å². The van der Waals surface area contributed by atoms with E-state index in [-0.39, 0.29) is 5.69 Å². The van der Waals surface area contributed by atoms with Crippen molar-refractivity contribution in [2.75, 3.05) is 0 Å². The van der Waals surface area contributed by atoms with Gasteiger partial charge in [-0.3, -0.25) is 0 Å². The number of nitrogens with two attached hydrogens (primary N) is 1. The maximum atomic E-state index is 11.3. The fourth-order valence-corrected chi connectivity index (χ4v) is 2.36. The average molecular weight is 257 g/mol. The van der Waals surface area contributed by atoms with Crippen LogP contribution in [0, 0.1) is 6.92 Å². The van der Waals surface area contributed by atoms with Gasteiger partial charge in [-0.25, -0.2) is 9.78 Å². The molecule has 0 saturated carbocycles. The first-order chi connectivity index (χ1) is 9.10. The third-order valence-electron chi connectivity index (χ3n) is 3.37. The molecule has 0 aliphatic heterocycles. The van der Waals surface area contributed by atoms with Crippen molar-refractivity contribution in [2.24, 2.45) is 12.8 Å². The van der Waals surface area contributed by atoms with Crippen LogP contribution in [-0.4, -0.2) is 19.5 Å². The van der Waals surface area contributed by atoms with E-state index in [0.717, 1.165) is 33.8 Å². The van der Waals surface area contributed by atoms with Gasteiger partial charge in [-0.05, 0) is 19.1 Å². The van der Waals surface area contributed by atoms with Gasteiger partial charge < -0.3 is 20.3 Å². The molecule has 3 aromatic rings.